The Morgan fingerprint density at radius 3 is 2.44 bits per heavy atom. The molecule has 1 rings (SSSR count). The number of anilines is 1. The third kappa shape index (κ3) is 3.60. The number of methoxy groups -OCH3 is 1. The van der Waals surface area contributed by atoms with Gasteiger partial charge in [0.1, 0.15) is 0 Å². The molecule has 0 aliphatic rings. The lowest BCUT2D eigenvalue weighted by Crippen LogP contribution is -2.17. The molecule has 0 fully saturated rings. The molecule has 1 aromatic carbocycles. The summed E-state index contributed by atoms with van der Waals surface area (Å²) in [4.78, 5) is 2.06. The number of ether oxygens (including phenoxy) is 1. The van der Waals surface area contributed by atoms with Gasteiger partial charge in [0.15, 0.2) is 0 Å². The molecule has 0 heterocycles. The minimum atomic E-state index is -0.0778. The molecule has 0 aliphatic heterocycles. The smallest absolute Gasteiger partial charge is 0.0937 e. The summed E-state index contributed by atoms with van der Waals surface area (Å²) in [5.41, 5.74) is 3.14. The number of likely N-dealkylation sites (N-methyl/N-ethyl adjacent to an activating group) is 1. The van der Waals surface area contributed by atoms with Gasteiger partial charge in [-0.05, 0) is 30.7 Å². The molecular formula is C16H21NO. The van der Waals surface area contributed by atoms with Gasteiger partial charge < -0.3 is 9.64 Å². The van der Waals surface area contributed by atoms with E-state index in [1.165, 1.54) is 0 Å². The van der Waals surface area contributed by atoms with Crippen molar-refractivity contribution in [2.24, 2.45) is 0 Å². The van der Waals surface area contributed by atoms with Crippen molar-refractivity contribution >= 4 is 5.69 Å². The van der Waals surface area contributed by atoms with E-state index in [4.69, 9.17) is 4.74 Å². The van der Waals surface area contributed by atoms with Gasteiger partial charge in [0.05, 0.1) is 6.10 Å². The zero-order chi connectivity index (χ0) is 13.5. The third-order valence-electron chi connectivity index (χ3n) is 2.92. The maximum Gasteiger partial charge on any atom is 0.0937 e. The first kappa shape index (κ1) is 14.3. The number of allylic oxidation sites excluding steroid dienone is 1. The van der Waals surface area contributed by atoms with E-state index in [1.807, 2.05) is 38.2 Å². The molecule has 1 unspecified atom stereocenters. The first-order valence-corrected chi connectivity index (χ1v) is 5.92. The molecule has 0 saturated carbocycles. The van der Waals surface area contributed by atoms with E-state index in [2.05, 4.69) is 30.2 Å². The molecule has 96 valence electrons. The van der Waals surface area contributed by atoms with Crippen molar-refractivity contribution in [3.05, 3.63) is 66.9 Å². The maximum absolute atomic E-state index is 5.25. The monoisotopic (exact) mass is 243 g/mol. The van der Waals surface area contributed by atoms with E-state index in [0.29, 0.717) is 0 Å². The molecule has 0 amide bonds. The fraction of sp³-hybridized carbons (Fsp3) is 0.250. The molecule has 0 aliphatic carbocycles. The van der Waals surface area contributed by atoms with Crippen molar-refractivity contribution in [1.29, 1.82) is 0 Å². The van der Waals surface area contributed by atoms with Crippen molar-refractivity contribution in [3.8, 4) is 0 Å². The Hall–Kier alpha value is -1.80. The highest BCUT2D eigenvalue weighted by molar-refractivity contribution is 5.54. The van der Waals surface area contributed by atoms with Crippen LogP contribution in [0.2, 0.25) is 0 Å². The van der Waals surface area contributed by atoms with Crippen LogP contribution in [-0.4, -0.2) is 20.3 Å². The first-order chi connectivity index (χ1) is 8.60. The minimum Gasteiger partial charge on any atom is -0.373 e. The van der Waals surface area contributed by atoms with E-state index in [9.17, 15) is 0 Å². The molecule has 0 radical (unpaired) electrons. The van der Waals surface area contributed by atoms with Crippen LogP contribution in [0.5, 0.6) is 0 Å². The second-order valence-electron chi connectivity index (χ2n) is 4.13. The van der Waals surface area contributed by atoms with Crippen LogP contribution in [0.25, 0.3) is 0 Å². The van der Waals surface area contributed by atoms with Crippen molar-refractivity contribution in [3.63, 3.8) is 0 Å². The highest BCUT2D eigenvalue weighted by Crippen LogP contribution is 2.20. The van der Waals surface area contributed by atoms with Crippen molar-refractivity contribution < 1.29 is 4.74 Å². The molecule has 1 atom stereocenters. The van der Waals surface area contributed by atoms with Crippen LogP contribution in [0.1, 0.15) is 6.92 Å². The lowest BCUT2D eigenvalue weighted by Gasteiger charge is -2.23. The van der Waals surface area contributed by atoms with Crippen LogP contribution >= 0.6 is 0 Å². The van der Waals surface area contributed by atoms with Crippen molar-refractivity contribution in [1.82, 2.24) is 0 Å². The second kappa shape index (κ2) is 6.82. The molecule has 0 spiro atoms. The molecule has 2 nitrogen and oxygen atoms in total. The molecule has 0 saturated heterocycles. The standard InChI is InChI=1S/C16H21NO/c1-6-16(18-5)12-13(2)14(3)17(4)15-10-8-7-9-11-15/h6-12,16H,1,3H2,2,4-5H3/b13-12+. The summed E-state index contributed by atoms with van der Waals surface area (Å²) in [5.74, 6) is 0. The number of hydrogen-bond donors (Lipinski definition) is 0. The summed E-state index contributed by atoms with van der Waals surface area (Å²) in [6.07, 6.45) is 3.69. The summed E-state index contributed by atoms with van der Waals surface area (Å²) in [6.45, 7) is 9.88. The SMILES string of the molecule is C=CC(/C=C(\C)C(=C)N(C)c1ccccc1)OC. The van der Waals surface area contributed by atoms with Crippen molar-refractivity contribution in [2.45, 2.75) is 13.0 Å². The number of benzene rings is 1. The molecule has 0 bridgehead atoms. The summed E-state index contributed by atoms with van der Waals surface area (Å²) in [5, 5.41) is 0. The molecular weight excluding hydrogens is 222 g/mol. The Morgan fingerprint density at radius 1 is 1.33 bits per heavy atom. The van der Waals surface area contributed by atoms with E-state index in [-0.39, 0.29) is 6.10 Å². The van der Waals surface area contributed by atoms with Gasteiger partial charge in [-0.25, -0.2) is 0 Å². The van der Waals surface area contributed by atoms with Gasteiger partial charge in [-0.3, -0.25) is 0 Å². The highest BCUT2D eigenvalue weighted by atomic mass is 16.5. The fourth-order valence-electron chi connectivity index (χ4n) is 1.65. The zero-order valence-corrected chi connectivity index (χ0v) is 11.4. The minimum absolute atomic E-state index is 0.0778. The van der Waals surface area contributed by atoms with Crippen LogP contribution in [-0.2, 0) is 4.74 Å². The van der Waals surface area contributed by atoms with E-state index < -0.39 is 0 Å². The Morgan fingerprint density at radius 2 is 1.94 bits per heavy atom. The summed E-state index contributed by atoms with van der Waals surface area (Å²) in [7, 11) is 3.67. The van der Waals surface area contributed by atoms with Gasteiger partial charge in [0, 0.05) is 25.5 Å². The number of para-hydroxylation sites is 1. The zero-order valence-electron chi connectivity index (χ0n) is 11.4. The Balaban J connectivity index is 2.84. The number of hydrogen-bond acceptors (Lipinski definition) is 2. The van der Waals surface area contributed by atoms with Gasteiger partial charge in [-0.15, -0.1) is 6.58 Å². The predicted molar refractivity (Wildman–Crippen MR) is 78.7 cm³/mol. The number of rotatable bonds is 6. The second-order valence-corrected chi connectivity index (χ2v) is 4.13. The molecule has 0 aromatic heterocycles. The van der Waals surface area contributed by atoms with Gasteiger partial charge in [-0.1, -0.05) is 30.9 Å². The van der Waals surface area contributed by atoms with Gasteiger partial charge in [0.2, 0.25) is 0 Å². The quantitative estimate of drug-likeness (QED) is 0.557. The van der Waals surface area contributed by atoms with E-state index in [0.717, 1.165) is 17.0 Å². The highest BCUT2D eigenvalue weighted by Gasteiger charge is 2.07. The molecule has 1 aromatic rings. The summed E-state index contributed by atoms with van der Waals surface area (Å²) >= 11 is 0. The van der Waals surface area contributed by atoms with Crippen LogP contribution in [0, 0.1) is 0 Å². The van der Waals surface area contributed by atoms with Crippen molar-refractivity contribution in [2.75, 3.05) is 19.1 Å². The van der Waals surface area contributed by atoms with Crippen LogP contribution in [0.15, 0.2) is 66.9 Å². The normalized spacial score (nSPS) is 12.9. The Labute approximate surface area is 110 Å². The van der Waals surface area contributed by atoms with Crippen LogP contribution in [0.4, 0.5) is 5.69 Å². The van der Waals surface area contributed by atoms with Gasteiger partial charge >= 0.3 is 0 Å². The third-order valence-corrected chi connectivity index (χ3v) is 2.92. The lowest BCUT2D eigenvalue weighted by atomic mass is 10.1. The topological polar surface area (TPSA) is 12.5 Å². The lowest BCUT2D eigenvalue weighted by molar-refractivity contribution is 0.177. The predicted octanol–water partition coefficient (Wildman–Crippen LogP) is 3.78. The summed E-state index contributed by atoms with van der Waals surface area (Å²) < 4.78 is 5.25. The number of nitrogens with zero attached hydrogens (tertiary/aromatic N) is 1. The Bertz CT molecular complexity index is 434. The van der Waals surface area contributed by atoms with E-state index in [1.54, 1.807) is 13.2 Å². The van der Waals surface area contributed by atoms with Gasteiger partial charge in [-0.2, -0.15) is 0 Å². The van der Waals surface area contributed by atoms with Gasteiger partial charge in [0.25, 0.3) is 0 Å². The first-order valence-electron chi connectivity index (χ1n) is 5.92. The average Bonchev–Trinajstić information content (AvgIpc) is 2.43. The Kier molecular flexibility index (Phi) is 5.40. The molecule has 0 N–H and O–H groups in total. The largest absolute Gasteiger partial charge is 0.373 e. The summed E-state index contributed by atoms with van der Waals surface area (Å²) in [6, 6.07) is 10.1. The fourth-order valence-corrected chi connectivity index (χ4v) is 1.65. The molecule has 2 heteroatoms. The molecule has 18 heavy (non-hydrogen) atoms. The van der Waals surface area contributed by atoms with Crippen LogP contribution < -0.4 is 4.90 Å². The van der Waals surface area contributed by atoms with Crippen LogP contribution in [0.3, 0.4) is 0 Å². The maximum atomic E-state index is 5.25. The average molecular weight is 243 g/mol. The van der Waals surface area contributed by atoms with E-state index >= 15 is 0 Å².